The third kappa shape index (κ3) is 3.02. The lowest BCUT2D eigenvalue weighted by atomic mass is 9.80. The van der Waals surface area contributed by atoms with Crippen molar-refractivity contribution >= 4 is 39.1 Å². The summed E-state index contributed by atoms with van der Waals surface area (Å²) in [6, 6.07) is 9.64. The Hall–Kier alpha value is -2.66. The van der Waals surface area contributed by atoms with E-state index in [1.165, 1.54) is 24.5 Å². The number of rotatable bonds is 4. The van der Waals surface area contributed by atoms with Crippen LogP contribution in [0.15, 0.2) is 59.9 Å². The highest BCUT2D eigenvalue weighted by Gasteiger charge is 2.26. The molecule has 0 unspecified atom stereocenters. The van der Waals surface area contributed by atoms with Crippen LogP contribution in [-0.2, 0) is 10.0 Å². The predicted octanol–water partition coefficient (Wildman–Crippen LogP) is -0.256. The Balaban J connectivity index is 1.95. The van der Waals surface area contributed by atoms with Gasteiger partial charge in [-0.2, -0.15) is 0 Å². The molecule has 3 aromatic rings. The number of hydrogen-bond acceptors (Lipinski definition) is 7. The smallest absolute Gasteiger partial charge is 0.423 e. The monoisotopic (exact) mass is 384 g/mol. The van der Waals surface area contributed by atoms with Gasteiger partial charge in [0.1, 0.15) is 0 Å². The van der Waals surface area contributed by atoms with Crippen LogP contribution >= 0.6 is 0 Å². The van der Waals surface area contributed by atoms with Gasteiger partial charge in [-0.3, -0.25) is 4.98 Å². The van der Waals surface area contributed by atoms with Gasteiger partial charge in [0, 0.05) is 48.6 Å². The minimum Gasteiger partial charge on any atom is -0.423 e. The van der Waals surface area contributed by atoms with Gasteiger partial charge in [0.15, 0.2) is 0 Å². The summed E-state index contributed by atoms with van der Waals surface area (Å²) < 4.78 is 27.3. The van der Waals surface area contributed by atoms with Crippen LogP contribution in [0.5, 0.6) is 0 Å². The molecule has 0 spiro atoms. The first-order chi connectivity index (χ1) is 12.9. The summed E-state index contributed by atoms with van der Waals surface area (Å²) in [5, 5.41) is 21.5. The van der Waals surface area contributed by atoms with Gasteiger partial charge in [-0.05, 0) is 18.2 Å². The van der Waals surface area contributed by atoms with E-state index < -0.39 is 17.1 Å². The molecule has 1 aliphatic rings. The lowest BCUT2D eigenvalue weighted by molar-refractivity contribution is 0.374. The van der Waals surface area contributed by atoms with Crippen molar-refractivity contribution in [2.24, 2.45) is 0 Å². The maximum atomic E-state index is 13.1. The molecular formula is C17H17BN4O4S. The van der Waals surface area contributed by atoms with Crippen LogP contribution in [0.2, 0.25) is 0 Å². The zero-order valence-electron chi connectivity index (χ0n) is 14.4. The molecule has 0 radical (unpaired) electrons. The highest BCUT2D eigenvalue weighted by Crippen LogP contribution is 2.24. The molecule has 0 saturated carbocycles. The molecule has 0 amide bonds. The van der Waals surface area contributed by atoms with Crippen LogP contribution in [0, 0.1) is 0 Å². The lowest BCUT2D eigenvalue weighted by Crippen LogP contribution is -2.29. The average molecular weight is 384 g/mol. The normalized spacial score (nSPS) is 14.6. The number of hydrazine groups is 1. The van der Waals surface area contributed by atoms with Gasteiger partial charge in [0.2, 0.25) is 0 Å². The van der Waals surface area contributed by atoms with Crippen molar-refractivity contribution in [1.29, 1.82) is 0 Å². The van der Waals surface area contributed by atoms with Gasteiger partial charge < -0.3 is 15.1 Å². The Labute approximate surface area is 156 Å². The lowest BCUT2D eigenvalue weighted by Gasteiger charge is -2.08. The fraction of sp³-hybridized carbons (Fsp3) is 0.118. The van der Waals surface area contributed by atoms with E-state index in [-0.39, 0.29) is 10.4 Å². The van der Waals surface area contributed by atoms with Crippen LogP contribution in [0.4, 0.5) is 0 Å². The van der Waals surface area contributed by atoms with Crippen molar-refractivity contribution < 1.29 is 18.5 Å². The van der Waals surface area contributed by atoms with E-state index in [9.17, 15) is 18.5 Å². The van der Waals surface area contributed by atoms with Crippen molar-refractivity contribution in [3.63, 3.8) is 0 Å². The molecule has 0 atom stereocenters. The van der Waals surface area contributed by atoms with Crippen LogP contribution in [0.25, 0.3) is 16.5 Å². The van der Waals surface area contributed by atoms with E-state index in [1.54, 1.807) is 29.3 Å². The zero-order chi connectivity index (χ0) is 19.2. The van der Waals surface area contributed by atoms with Gasteiger partial charge in [-0.25, -0.2) is 17.8 Å². The Morgan fingerprint density at radius 3 is 2.59 bits per heavy atom. The van der Waals surface area contributed by atoms with Crippen molar-refractivity contribution in [2.45, 2.75) is 4.90 Å². The van der Waals surface area contributed by atoms with Crippen LogP contribution < -0.4 is 10.9 Å². The summed E-state index contributed by atoms with van der Waals surface area (Å²) in [4.78, 5) is 4.48. The first-order valence-corrected chi connectivity index (χ1v) is 9.67. The summed E-state index contributed by atoms with van der Waals surface area (Å²) >= 11 is 0. The fourth-order valence-corrected chi connectivity index (χ4v) is 4.48. The Kier molecular flexibility index (Phi) is 4.27. The second-order valence-corrected chi connectivity index (χ2v) is 8.07. The highest BCUT2D eigenvalue weighted by molar-refractivity contribution is 7.90. The molecule has 1 aliphatic heterocycles. The minimum absolute atomic E-state index is 0.0826. The molecule has 138 valence electrons. The third-order valence-corrected chi connectivity index (χ3v) is 6.15. The van der Waals surface area contributed by atoms with E-state index in [0.717, 1.165) is 9.55 Å². The SMILES string of the molecule is CN1C=C(c2cc3c(cn2)c(B(O)O)cn3S(=O)(=O)c2ccccc2)CN1. The molecule has 8 nitrogen and oxygen atoms in total. The third-order valence-electron chi connectivity index (χ3n) is 4.46. The Bertz CT molecular complexity index is 1140. The first kappa shape index (κ1) is 17.7. The molecule has 0 aliphatic carbocycles. The predicted molar refractivity (Wildman–Crippen MR) is 102 cm³/mol. The molecule has 27 heavy (non-hydrogen) atoms. The van der Waals surface area contributed by atoms with Gasteiger partial charge >= 0.3 is 7.12 Å². The standard InChI is InChI=1S/C17H17BN4O4S/c1-21-10-12(8-20-21)16-7-17-14(9-19-16)15(18(23)24)11-22(17)27(25,26)13-5-3-2-4-6-13/h2-7,9-11,20,23-24H,8H2,1H3. The van der Waals surface area contributed by atoms with Gasteiger partial charge in [0.05, 0.1) is 16.1 Å². The molecular weight excluding hydrogens is 367 g/mol. The molecule has 2 aromatic heterocycles. The van der Waals surface area contributed by atoms with Gasteiger partial charge in [-0.1, -0.05) is 18.2 Å². The Morgan fingerprint density at radius 1 is 1.22 bits per heavy atom. The topological polar surface area (TPSA) is 108 Å². The number of pyridine rings is 1. The molecule has 3 heterocycles. The largest absolute Gasteiger partial charge is 0.490 e. The van der Waals surface area contributed by atoms with Gasteiger partial charge in [0.25, 0.3) is 10.0 Å². The summed E-state index contributed by atoms with van der Waals surface area (Å²) in [7, 11) is -3.87. The van der Waals surface area contributed by atoms with E-state index in [4.69, 9.17) is 0 Å². The summed E-state index contributed by atoms with van der Waals surface area (Å²) in [5.74, 6) is 0. The van der Waals surface area contributed by atoms with E-state index in [0.29, 0.717) is 23.1 Å². The average Bonchev–Trinajstić information content (AvgIpc) is 3.26. The minimum atomic E-state index is -3.91. The highest BCUT2D eigenvalue weighted by atomic mass is 32.2. The first-order valence-electron chi connectivity index (χ1n) is 8.23. The van der Waals surface area contributed by atoms with Crippen molar-refractivity contribution in [2.75, 3.05) is 13.6 Å². The van der Waals surface area contributed by atoms with E-state index in [1.807, 2.05) is 13.2 Å². The molecule has 1 aromatic carbocycles. The van der Waals surface area contributed by atoms with E-state index in [2.05, 4.69) is 10.4 Å². The quantitative estimate of drug-likeness (QED) is 0.532. The molecule has 0 fully saturated rings. The second kappa shape index (κ2) is 6.50. The van der Waals surface area contributed by atoms with Gasteiger partial charge in [-0.15, -0.1) is 0 Å². The number of nitrogens with one attached hydrogen (secondary N) is 1. The summed E-state index contributed by atoms with van der Waals surface area (Å²) in [6.07, 6.45) is 4.57. The molecule has 0 saturated heterocycles. The molecule has 0 bridgehead atoms. The number of aromatic nitrogens is 2. The molecule has 3 N–H and O–H groups in total. The molecule has 10 heteroatoms. The Morgan fingerprint density at radius 2 is 1.96 bits per heavy atom. The number of benzene rings is 1. The number of hydrogen-bond donors (Lipinski definition) is 3. The summed E-state index contributed by atoms with van der Waals surface area (Å²) in [6.45, 7) is 0.566. The van der Waals surface area contributed by atoms with E-state index >= 15 is 0 Å². The fourth-order valence-electron chi connectivity index (χ4n) is 3.09. The maximum absolute atomic E-state index is 13.1. The van der Waals surface area contributed by atoms with Crippen molar-refractivity contribution in [3.05, 3.63) is 60.7 Å². The van der Waals surface area contributed by atoms with Crippen molar-refractivity contribution in [1.82, 2.24) is 19.4 Å². The van der Waals surface area contributed by atoms with Crippen LogP contribution in [0.1, 0.15) is 5.69 Å². The molecule has 4 rings (SSSR count). The van der Waals surface area contributed by atoms with Crippen LogP contribution in [-0.4, -0.2) is 53.1 Å². The second-order valence-electron chi connectivity index (χ2n) is 6.26. The number of nitrogens with zero attached hydrogens (tertiary/aromatic N) is 3. The number of fused-ring (bicyclic) bond motifs is 1. The van der Waals surface area contributed by atoms with Crippen molar-refractivity contribution in [3.8, 4) is 0 Å². The maximum Gasteiger partial charge on any atom is 0.490 e. The summed E-state index contributed by atoms with van der Waals surface area (Å²) in [5.41, 5.74) is 5.03. The zero-order valence-corrected chi connectivity index (χ0v) is 15.3. The van der Waals surface area contributed by atoms with Crippen LogP contribution in [0.3, 0.4) is 0 Å².